The second-order valence-electron chi connectivity index (χ2n) is 8.33. The number of non-ortho nitro benzene ring substituents is 1. The van der Waals surface area contributed by atoms with E-state index < -0.39 is 16.9 Å². The summed E-state index contributed by atoms with van der Waals surface area (Å²) < 4.78 is 17.5. The Morgan fingerprint density at radius 1 is 1.26 bits per heavy atom. The number of amides is 1. The van der Waals surface area contributed by atoms with Crippen LogP contribution in [-0.4, -0.2) is 52.4 Å². The number of allylic oxidation sites excluding steroid dienone is 1. The van der Waals surface area contributed by atoms with Gasteiger partial charge in [-0.2, -0.15) is 5.26 Å². The number of H-pyrrole nitrogens is 1. The molecule has 3 aromatic rings. The lowest BCUT2D eigenvalue weighted by molar-refractivity contribution is -0.384. The second-order valence-corrected chi connectivity index (χ2v) is 10.0. The van der Waals surface area contributed by atoms with Crippen LogP contribution in [0.1, 0.15) is 17.0 Å². The number of carbonyl (C=O) groups excluding carboxylic acids is 1. The highest BCUT2D eigenvalue weighted by Crippen LogP contribution is 2.48. The Bertz CT molecular complexity index is 1500. The lowest BCUT2D eigenvalue weighted by atomic mass is 9.83. The molecule has 0 spiro atoms. The number of nitro benzene ring substituents is 1. The number of carbonyl (C=O) groups is 1. The van der Waals surface area contributed by atoms with Crippen molar-refractivity contribution in [3.63, 3.8) is 0 Å². The van der Waals surface area contributed by atoms with Gasteiger partial charge in [0.25, 0.3) is 5.69 Å². The van der Waals surface area contributed by atoms with Gasteiger partial charge in [-0.1, -0.05) is 12.1 Å². The van der Waals surface area contributed by atoms with E-state index in [4.69, 9.17) is 19.9 Å². The fraction of sp³-hybridized carbons (Fsp3) is 0.208. The lowest BCUT2D eigenvalue weighted by Gasteiger charge is -2.27. The Balaban J connectivity index is 1.57. The van der Waals surface area contributed by atoms with Gasteiger partial charge in [0.2, 0.25) is 11.8 Å². The van der Waals surface area contributed by atoms with E-state index in [-0.39, 0.29) is 28.8 Å². The Morgan fingerprint density at radius 2 is 1.97 bits per heavy atom. The van der Waals surface area contributed by atoms with Crippen molar-refractivity contribution < 1.29 is 23.9 Å². The van der Waals surface area contributed by atoms with E-state index in [1.807, 2.05) is 0 Å². The van der Waals surface area contributed by atoms with Crippen LogP contribution in [0, 0.1) is 21.4 Å². The fourth-order valence-electron chi connectivity index (χ4n) is 4.31. The predicted octanol–water partition coefficient (Wildman–Crippen LogP) is 4.56. The van der Waals surface area contributed by atoms with E-state index in [0.29, 0.717) is 57.6 Å². The minimum Gasteiger partial charge on any atom is -0.420 e. The fourth-order valence-corrected chi connectivity index (χ4v) is 5.70. The summed E-state index contributed by atoms with van der Waals surface area (Å²) in [6.45, 7) is 1.72. The summed E-state index contributed by atoms with van der Waals surface area (Å²) >= 11 is 6.97. The molecule has 2 aliphatic rings. The SMILES string of the molecule is N#CC1=C(N)Oc2n[nH]c(-c3cccc([N+](=O)[O-])c3)c2C1c1cc(Br)c(OC(=O)N2CCOCC2)c(Br)c1. The molecule has 12 nitrogen and oxygen atoms in total. The van der Waals surface area contributed by atoms with Crippen LogP contribution in [0.25, 0.3) is 11.3 Å². The molecule has 3 heterocycles. The number of nitrogens with zero attached hydrogens (tertiary/aromatic N) is 4. The highest BCUT2D eigenvalue weighted by molar-refractivity contribution is 9.11. The summed E-state index contributed by atoms with van der Waals surface area (Å²) in [4.78, 5) is 25.1. The zero-order valence-corrected chi connectivity index (χ0v) is 22.6. The number of nitriles is 1. The first-order valence-electron chi connectivity index (χ1n) is 11.2. The number of aromatic nitrogens is 2. The lowest BCUT2D eigenvalue weighted by Crippen LogP contribution is -2.42. The van der Waals surface area contributed by atoms with Crippen LogP contribution >= 0.6 is 31.9 Å². The van der Waals surface area contributed by atoms with Gasteiger partial charge in [0, 0.05) is 30.8 Å². The van der Waals surface area contributed by atoms with Crippen molar-refractivity contribution in [1.82, 2.24) is 15.1 Å². The predicted molar refractivity (Wildman–Crippen MR) is 140 cm³/mol. The molecular weight excluding hydrogens is 628 g/mol. The maximum absolute atomic E-state index is 12.7. The number of rotatable bonds is 4. The van der Waals surface area contributed by atoms with Gasteiger partial charge in [-0.05, 0) is 49.6 Å². The van der Waals surface area contributed by atoms with Crippen molar-refractivity contribution in [1.29, 1.82) is 5.26 Å². The number of nitrogens with two attached hydrogens (primary N) is 1. The normalized spacial score (nSPS) is 16.9. The van der Waals surface area contributed by atoms with E-state index in [2.05, 4.69) is 48.1 Å². The van der Waals surface area contributed by atoms with E-state index in [0.717, 1.165) is 0 Å². The van der Waals surface area contributed by atoms with Crippen LogP contribution in [0.4, 0.5) is 10.5 Å². The van der Waals surface area contributed by atoms with Crippen molar-refractivity contribution >= 4 is 43.6 Å². The molecule has 1 fully saturated rings. The molecule has 1 aromatic heterocycles. The second kappa shape index (κ2) is 10.4. The number of fused-ring (bicyclic) bond motifs is 1. The molecule has 1 unspecified atom stereocenters. The Hall–Kier alpha value is -3.93. The Morgan fingerprint density at radius 3 is 2.63 bits per heavy atom. The van der Waals surface area contributed by atoms with Gasteiger partial charge >= 0.3 is 6.09 Å². The van der Waals surface area contributed by atoms with Crippen molar-refractivity contribution in [3.05, 3.63) is 78.0 Å². The van der Waals surface area contributed by atoms with Gasteiger partial charge in [-0.3, -0.25) is 15.2 Å². The smallest absolute Gasteiger partial charge is 0.415 e. The van der Waals surface area contributed by atoms with Gasteiger partial charge in [0.05, 0.1) is 44.3 Å². The van der Waals surface area contributed by atoms with E-state index in [1.54, 1.807) is 29.2 Å². The molecule has 14 heteroatoms. The summed E-state index contributed by atoms with van der Waals surface area (Å²) in [6, 6.07) is 11.6. The van der Waals surface area contributed by atoms with Gasteiger partial charge in [-0.25, -0.2) is 4.79 Å². The molecule has 3 N–H and O–H groups in total. The van der Waals surface area contributed by atoms with Crippen molar-refractivity contribution in [3.8, 4) is 29.0 Å². The number of nitro groups is 1. The number of benzene rings is 2. The van der Waals surface area contributed by atoms with Crippen LogP contribution in [0.2, 0.25) is 0 Å². The molecule has 0 aliphatic carbocycles. The largest absolute Gasteiger partial charge is 0.420 e. The summed E-state index contributed by atoms with van der Waals surface area (Å²) in [5.41, 5.74) is 8.10. The first kappa shape index (κ1) is 25.7. The summed E-state index contributed by atoms with van der Waals surface area (Å²) in [6.07, 6.45) is -0.513. The number of hydrogen-bond acceptors (Lipinski definition) is 9. The van der Waals surface area contributed by atoms with Gasteiger partial charge in [-0.15, -0.1) is 5.10 Å². The molecule has 0 bridgehead atoms. The third-order valence-corrected chi connectivity index (χ3v) is 7.28. The number of hydrogen-bond donors (Lipinski definition) is 2. The number of ether oxygens (including phenoxy) is 3. The van der Waals surface area contributed by atoms with Crippen LogP contribution in [0.5, 0.6) is 11.6 Å². The Kier molecular flexibility index (Phi) is 7.06. The molecule has 2 aliphatic heterocycles. The van der Waals surface area contributed by atoms with Crippen molar-refractivity contribution in [2.45, 2.75) is 5.92 Å². The average molecular weight is 646 g/mol. The minimum absolute atomic E-state index is 0.105. The first-order chi connectivity index (χ1) is 18.3. The number of halogens is 2. The zero-order valence-electron chi connectivity index (χ0n) is 19.4. The molecular formula is C24H18Br2N6O6. The summed E-state index contributed by atoms with van der Waals surface area (Å²) in [5, 5.41) is 28.4. The Labute approximate surface area is 232 Å². The third-order valence-electron chi connectivity index (χ3n) is 6.10. The van der Waals surface area contributed by atoms with Crippen LogP contribution in [0.15, 0.2) is 56.8 Å². The van der Waals surface area contributed by atoms with Crippen molar-refractivity contribution in [2.24, 2.45) is 5.73 Å². The maximum atomic E-state index is 12.7. The van der Waals surface area contributed by atoms with Gasteiger partial charge < -0.3 is 24.8 Å². The van der Waals surface area contributed by atoms with Gasteiger partial charge in [0.1, 0.15) is 11.6 Å². The van der Waals surface area contributed by atoms with E-state index in [9.17, 15) is 20.2 Å². The first-order valence-corrected chi connectivity index (χ1v) is 12.8. The van der Waals surface area contributed by atoms with E-state index in [1.165, 1.54) is 12.1 Å². The van der Waals surface area contributed by atoms with Crippen molar-refractivity contribution in [2.75, 3.05) is 26.3 Å². The van der Waals surface area contributed by atoms with E-state index >= 15 is 0 Å². The molecule has 1 amide bonds. The molecule has 5 rings (SSSR count). The standard InChI is InChI=1S/C24H18Br2N6O6/c25-16-9-13(10-17(26)21(16)37-24(33)31-4-6-36-7-5-31)18-15(11-27)22(28)38-23-19(18)20(29-30-23)12-2-1-3-14(8-12)32(34)35/h1-3,8-10,18H,4-7,28H2,(H,29,30). The number of aromatic amines is 1. The van der Waals surface area contributed by atoms with Crippen LogP contribution in [-0.2, 0) is 4.74 Å². The zero-order chi connectivity index (χ0) is 27.0. The van der Waals surface area contributed by atoms with Crippen LogP contribution in [0.3, 0.4) is 0 Å². The minimum atomic E-state index is -0.742. The topological polar surface area (TPSA) is 170 Å². The monoisotopic (exact) mass is 644 g/mol. The molecule has 0 radical (unpaired) electrons. The van der Waals surface area contributed by atoms with Crippen LogP contribution < -0.4 is 15.2 Å². The average Bonchev–Trinajstić information content (AvgIpc) is 3.33. The quantitative estimate of drug-likeness (QED) is 0.305. The summed E-state index contributed by atoms with van der Waals surface area (Å²) in [7, 11) is 0. The maximum Gasteiger partial charge on any atom is 0.415 e. The highest BCUT2D eigenvalue weighted by atomic mass is 79.9. The molecule has 38 heavy (non-hydrogen) atoms. The number of nitrogens with one attached hydrogen (secondary N) is 1. The molecule has 0 saturated carbocycles. The van der Waals surface area contributed by atoms with Gasteiger partial charge in [0.15, 0.2) is 5.75 Å². The molecule has 2 aromatic carbocycles. The highest BCUT2D eigenvalue weighted by Gasteiger charge is 2.36. The molecule has 1 atom stereocenters. The molecule has 1 saturated heterocycles. The molecule has 194 valence electrons. The number of morpholine rings is 1. The summed E-state index contributed by atoms with van der Waals surface area (Å²) in [5.74, 6) is -0.451. The third kappa shape index (κ3) is 4.71.